The molecule has 1 N–H and O–H groups in total. The van der Waals surface area contributed by atoms with E-state index >= 15 is 0 Å². The van der Waals surface area contributed by atoms with Crippen molar-refractivity contribution in [3.05, 3.63) is 82.6 Å². The van der Waals surface area contributed by atoms with E-state index in [1.54, 1.807) is 18.2 Å². The molecule has 2 aromatic carbocycles. The fourth-order valence-corrected chi connectivity index (χ4v) is 3.28. The lowest BCUT2D eigenvalue weighted by atomic mass is 10.0. The molecular weight excluding hydrogens is 365 g/mol. The molecule has 4 nitrogen and oxygen atoms in total. The number of carboxylic acids is 1. The number of aliphatic carboxylic acids is 1. The van der Waals surface area contributed by atoms with Crippen molar-refractivity contribution < 1.29 is 19.0 Å². The maximum absolute atomic E-state index is 13.0. The van der Waals surface area contributed by atoms with Crippen LogP contribution in [0.1, 0.15) is 16.8 Å². The number of aromatic nitrogens is 1. The van der Waals surface area contributed by atoms with E-state index in [0.29, 0.717) is 5.56 Å². The molecule has 0 aliphatic heterocycles. The first-order valence-corrected chi connectivity index (χ1v) is 8.92. The maximum atomic E-state index is 13.0. The van der Waals surface area contributed by atoms with Gasteiger partial charge in [0.05, 0.1) is 18.9 Å². The van der Waals surface area contributed by atoms with Crippen LogP contribution in [0.15, 0.2) is 60.0 Å². The van der Waals surface area contributed by atoms with Gasteiger partial charge in [-0.15, -0.1) is 11.3 Å². The van der Waals surface area contributed by atoms with Crippen LogP contribution in [0.4, 0.5) is 4.39 Å². The van der Waals surface area contributed by atoms with Crippen molar-refractivity contribution in [3.8, 4) is 10.6 Å². The fraction of sp³-hybridized carbons (Fsp3) is 0.0476. The van der Waals surface area contributed by atoms with Crippen LogP contribution >= 0.6 is 11.3 Å². The molecule has 0 aliphatic carbocycles. The molecule has 1 heterocycles. The number of halogens is 1. The highest BCUT2D eigenvalue weighted by Crippen LogP contribution is 2.26. The summed E-state index contributed by atoms with van der Waals surface area (Å²) in [6, 6.07) is 13.5. The lowest BCUT2D eigenvalue weighted by molar-refractivity contribution is -0.131. The molecule has 6 heteroatoms. The average Bonchev–Trinajstić information content (AvgIpc) is 3.14. The van der Waals surface area contributed by atoms with Gasteiger partial charge in [-0.3, -0.25) is 0 Å². The van der Waals surface area contributed by atoms with E-state index in [1.807, 2.05) is 35.7 Å². The Balaban J connectivity index is 1.87. The molecule has 0 bridgehead atoms. The van der Waals surface area contributed by atoms with Gasteiger partial charge in [0.1, 0.15) is 16.6 Å². The molecule has 0 saturated carbocycles. The van der Waals surface area contributed by atoms with Gasteiger partial charge < -0.3 is 9.84 Å². The van der Waals surface area contributed by atoms with Gasteiger partial charge in [0.25, 0.3) is 0 Å². The number of nitrogens with zero attached hydrogens (tertiary/aromatic N) is 1. The normalized spacial score (nSPS) is 11.7. The molecule has 0 aliphatic rings. The van der Waals surface area contributed by atoms with E-state index in [4.69, 9.17) is 9.84 Å². The Morgan fingerprint density at radius 2 is 1.89 bits per heavy atom. The number of carboxylic acid groups (broad SMARTS) is 1. The molecule has 3 rings (SSSR count). The van der Waals surface area contributed by atoms with Crippen molar-refractivity contribution >= 4 is 35.2 Å². The third-order valence-electron chi connectivity index (χ3n) is 3.75. The van der Waals surface area contributed by atoms with E-state index in [0.717, 1.165) is 27.9 Å². The molecule has 3 aromatic rings. The first kappa shape index (κ1) is 18.5. The number of methoxy groups -OCH3 is 1. The molecule has 1 aromatic heterocycles. The van der Waals surface area contributed by atoms with Gasteiger partial charge in [-0.25, -0.2) is 14.2 Å². The molecular formula is C21H16FNO3S. The first-order valence-electron chi connectivity index (χ1n) is 8.04. The van der Waals surface area contributed by atoms with Crippen molar-refractivity contribution in [2.24, 2.45) is 0 Å². The minimum Gasteiger partial charge on any atom is -0.496 e. The van der Waals surface area contributed by atoms with Gasteiger partial charge in [-0.2, -0.15) is 0 Å². The number of carbonyl (C=O) groups is 1. The second-order valence-electron chi connectivity index (χ2n) is 5.56. The molecule has 0 amide bonds. The minimum absolute atomic E-state index is 0.271. The fourth-order valence-electron chi connectivity index (χ4n) is 2.49. The quantitative estimate of drug-likeness (QED) is 0.471. The van der Waals surface area contributed by atoms with Crippen LogP contribution in [0.3, 0.4) is 0 Å². The number of thiazole rings is 1. The van der Waals surface area contributed by atoms with Crippen molar-refractivity contribution in [3.63, 3.8) is 0 Å². The SMILES string of the molecule is CO/C(=C\C(=O)O)c1ccccc1/C=C/c1csc(-c2ccc(F)cc2)n1. The van der Waals surface area contributed by atoms with Crippen LogP contribution < -0.4 is 0 Å². The summed E-state index contributed by atoms with van der Waals surface area (Å²) in [4.78, 5) is 15.5. The highest BCUT2D eigenvalue weighted by Gasteiger charge is 2.08. The van der Waals surface area contributed by atoms with E-state index in [-0.39, 0.29) is 11.6 Å². The second-order valence-corrected chi connectivity index (χ2v) is 6.41. The number of benzene rings is 2. The van der Waals surface area contributed by atoms with Gasteiger partial charge in [0.15, 0.2) is 0 Å². The number of hydrogen-bond acceptors (Lipinski definition) is 4. The molecule has 0 saturated heterocycles. The third-order valence-corrected chi connectivity index (χ3v) is 4.66. The number of rotatable bonds is 6. The predicted molar refractivity (Wildman–Crippen MR) is 105 cm³/mol. The topological polar surface area (TPSA) is 59.4 Å². The summed E-state index contributed by atoms with van der Waals surface area (Å²) in [5, 5.41) is 11.7. The van der Waals surface area contributed by atoms with Gasteiger partial charge in [-0.1, -0.05) is 30.3 Å². The second kappa shape index (κ2) is 8.42. The summed E-state index contributed by atoms with van der Waals surface area (Å²) in [7, 11) is 1.44. The van der Waals surface area contributed by atoms with Crippen molar-refractivity contribution in [1.82, 2.24) is 4.98 Å². The minimum atomic E-state index is -1.07. The average molecular weight is 381 g/mol. The first-order chi connectivity index (χ1) is 13.1. The van der Waals surface area contributed by atoms with Crippen LogP contribution in [0, 0.1) is 5.82 Å². The molecule has 0 atom stereocenters. The van der Waals surface area contributed by atoms with Crippen LogP contribution in [0.2, 0.25) is 0 Å². The summed E-state index contributed by atoms with van der Waals surface area (Å²) in [5.74, 6) is -1.09. The Morgan fingerprint density at radius 3 is 2.59 bits per heavy atom. The van der Waals surface area contributed by atoms with Crippen molar-refractivity contribution in [2.75, 3.05) is 7.11 Å². The molecule has 27 heavy (non-hydrogen) atoms. The lowest BCUT2D eigenvalue weighted by Crippen LogP contribution is -1.96. The zero-order chi connectivity index (χ0) is 19.2. The molecule has 136 valence electrons. The van der Waals surface area contributed by atoms with Gasteiger partial charge in [0.2, 0.25) is 0 Å². The summed E-state index contributed by atoms with van der Waals surface area (Å²) in [6.45, 7) is 0. The number of hydrogen-bond donors (Lipinski definition) is 1. The Morgan fingerprint density at radius 1 is 1.15 bits per heavy atom. The zero-order valence-electron chi connectivity index (χ0n) is 14.4. The van der Waals surface area contributed by atoms with Crippen molar-refractivity contribution in [1.29, 1.82) is 0 Å². The van der Waals surface area contributed by atoms with Gasteiger partial charge in [-0.05, 0) is 35.9 Å². The van der Waals surface area contributed by atoms with Crippen LogP contribution in [0.25, 0.3) is 28.5 Å². The van der Waals surface area contributed by atoms with Crippen LogP contribution in [0.5, 0.6) is 0 Å². The Bertz CT molecular complexity index is 1010. The molecule has 0 radical (unpaired) electrons. The monoisotopic (exact) mass is 381 g/mol. The van der Waals surface area contributed by atoms with Crippen molar-refractivity contribution in [2.45, 2.75) is 0 Å². The summed E-state index contributed by atoms with van der Waals surface area (Å²) >= 11 is 1.47. The summed E-state index contributed by atoms with van der Waals surface area (Å²) in [5.41, 5.74) is 3.10. The van der Waals surface area contributed by atoms with E-state index in [2.05, 4.69) is 4.98 Å². The highest BCUT2D eigenvalue weighted by molar-refractivity contribution is 7.13. The van der Waals surface area contributed by atoms with E-state index in [9.17, 15) is 9.18 Å². The Labute approximate surface area is 159 Å². The third kappa shape index (κ3) is 4.68. The largest absolute Gasteiger partial charge is 0.496 e. The highest BCUT2D eigenvalue weighted by atomic mass is 32.1. The molecule has 0 fully saturated rings. The Kier molecular flexibility index (Phi) is 5.78. The lowest BCUT2D eigenvalue weighted by Gasteiger charge is -2.08. The van der Waals surface area contributed by atoms with E-state index < -0.39 is 5.97 Å². The molecule has 0 spiro atoms. The van der Waals surface area contributed by atoms with Gasteiger partial charge >= 0.3 is 5.97 Å². The summed E-state index contributed by atoms with van der Waals surface area (Å²) in [6.07, 6.45) is 4.73. The smallest absolute Gasteiger partial charge is 0.332 e. The molecule has 0 unspecified atom stereocenters. The van der Waals surface area contributed by atoms with Gasteiger partial charge in [0, 0.05) is 16.5 Å². The Hall–Kier alpha value is -3.25. The predicted octanol–water partition coefficient (Wildman–Crippen LogP) is 5.19. The zero-order valence-corrected chi connectivity index (χ0v) is 15.2. The maximum Gasteiger partial charge on any atom is 0.332 e. The summed E-state index contributed by atoms with van der Waals surface area (Å²) < 4.78 is 18.3. The number of ether oxygens (including phenoxy) is 1. The van der Waals surface area contributed by atoms with Crippen LogP contribution in [-0.4, -0.2) is 23.2 Å². The standard InChI is InChI=1S/C21H16FNO3S/c1-26-19(12-20(24)25)18-5-3-2-4-14(18)8-11-17-13-27-21(23-17)15-6-9-16(22)10-7-15/h2-13H,1H3,(H,24,25)/b11-8+,19-12-. The van der Waals surface area contributed by atoms with Crippen LogP contribution in [-0.2, 0) is 9.53 Å². The van der Waals surface area contributed by atoms with E-state index in [1.165, 1.54) is 30.6 Å².